The Morgan fingerprint density at radius 1 is 1.43 bits per heavy atom. The molecule has 1 atom stereocenters. The van der Waals surface area contributed by atoms with E-state index in [1.807, 2.05) is 12.1 Å². The van der Waals surface area contributed by atoms with Crippen LogP contribution in [0.1, 0.15) is 18.9 Å². The largest absolute Gasteiger partial charge is 0.496 e. The molecule has 0 radical (unpaired) electrons. The molecule has 0 aromatic heterocycles. The molecule has 0 aliphatic carbocycles. The van der Waals surface area contributed by atoms with Gasteiger partial charge in [-0.3, -0.25) is 0 Å². The Hall–Kier alpha value is -0.890. The van der Waals surface area contributed by atoms with Gasteiger partial charge in [-0.05, 0) is 31.9 Å². The van der Waals surface area contributed by atoms with Crippen LogP contribution in [-0.4, -0.2) is 13.2 Å². The van der Waals surface area contributed by atoms with Crippen molar-refractivity contribution in [2.75, 3.05) is 12.4 Å². The second-order valence-corrected chi connectivity index (χ2v) is 3.57. The summed E-state index contributed by atoms with van der Waals surface area (Å²) in [4.78, 5) is 0. The van der Waals surface area contributed by atoms with Crippen molar-refractivity contribution in [1.29, 1.82) is 0 Å². The maximum absolute atomic E-state index is 5.31. The first-order valence-electron chi connectivity index (χ1n) is 4.73. The zero-order chi connectivity index (χ0) is 9.26. The lowest BCUT2D eigenvalue weighted by Crippen LogP contribution is -2.22. The number of rotatable bonds is 1. The number of hydrogen-bond donors (Lipinski definition) is 1. The molecule has 1 aliphatic rings. The van der Waals surface area contributed by atoms with E-state index in [0.29, 0.717) is 6.04 Å². The molecule has 0 spiro atoms. The first-order chi connectivity index (χ1) is 6.31. The van der Waals surface area contributed by atoms with E-state index < -0.39 is 0 Å². The number of anilines is 1. The highest BCUT2D eigenvalue weighted by Crippen LogP contribution is 2.31. The molecule has 2 rings (SSSR count). The van der Waals surface area contributed by atoms with E-state index in [9.17, 15) is 0 Å². The molecule has 0 bridgehead atoms. The SMILES string of the molecule is COc1cccc2c1CCC(C)N2.Cl. The number of halogens is 1. The molecular formula is C11H16ClNO. The van der Waals surface area contributed by atoms with E-state index in [-0.39, 0.29) is 12.4 Å². The van der Waals surface area contributed by atoms with E-state index in [1.54, 1.807) is 7.11 Å². The van der Waals surface area contributed by atoms with Crippen LogP contribution in [-0.2, 0) is 6.42 Å². The van der Waals surface area contributed by atoms with Crippen LogP contribution in [0.25, 0.3) is 0 Å². The zero-order valence-electron chi connectivity index (χ0n) is 8.54. The first kappa shape index (κ1) is 11.2. The van der Waals surface area contributed by atoms with Crippen LogP contribution in [0, 0.1) is 0 Å². The fourth-order valence-corrected chi connectivity index (χ4v) is 1.85. The smallest absolute Gasteiger partial charge is 0.124 e. The second-order valence-electron chi connectivity index (χ2n) is 3.57. The molecule has 1 aliphatic heterocycles. The molecule has 1 heterocycles. The highest BCUT2D eigenvalue weighted by atomic mass is 35.5. The van der Waals surface area contributed by atoms with Gasteiger partial charge >= 0.3 is 0 Å². The van der Waals surface area contributed by atoms with Gasteiger partial charge < -0.3 is 10.1 Å². The standard InChI is InChI=1S/C11H15NO.ClH/c1-8-6-7-9-10(12-8)4-3-5-11(9)13-2;/h3-5,8,12H,6-7H2,1-2H3;1H. The van der Waals surface area contributed by atoms with Crippen LogP contribution in [0.2, 0.25) is 0 Å². The highest BCUT2D eigenvalue weighted by Gasteiger charge is 2.16. The summed E-state index contributed by atoms with van der Waals surface area (Å²) in [5.74, 6) is 1.01. The van der Waals surface area contributed by atoms with Crippen molar-refractivity contribution in [3.8, 4) is 5.75 Å². The lowest BCUT2D eigenvalue weighted by molar-refractivity contribution is 0.408. The van der Waals surface area contributed by atoms with Crippen molar-refractivity contribution in [2.24, 2.45) is 0 Å². The number of ether oxygens (including phenoxy) is 1. The Kier molecular flexibility index (Phi) is 3.64. The molecule has 2 nitrogen and oxygen atoms in total. The van der Waals surface area contributed by atoms with Crippen molar-refractivity contribution in [1.82, 2.24) is 0 Å². The molecule has 1 unspecified atom stereocenters. The number of fused-ring (bicyclic) bond motifs is 1. The maximum atomic E-state index is 5.31. The predicted octanol–water partition coefficient (Wildman–Crippen LogP) is 2.86. The monoisotopic (exact) mass is 213 g/mol. The van der Waals surface area contributed by atoms with Gasteiger partial charge in [0.05, 0.1) is 7.11 Å². The summed E-state index contributed by atoms with van der Waals surface area (Å²) in [6, 6.07) is 6.76. The van der Waals surface area contributed by atoms with Crippen molar-refractivity contribution in [3.05, 3.63) is 23.8 Å². The first-order valence-corrected chi connectivity index (χ1v) is 4.73. The zero-order valence-corrected chi connectivity index (χ0v) is 9.36. The van der Waals surface area contributed by atoms with Crippen molar-refractivity contribution in [3.63, 3.8) is 0 Å². The van der Waals surface area contributed by atoms with Crippen molar-refractivity contribution in [2.45, 2.75) is 25.8 Å². The summed E-state index contributed by atoms with van der Waals surface area (Å²) in [5, 5.41) is 3.45. The molecule has 3 heteroatoms. The third-order valence-corrected chi connectivity index (χ3v) is 2.58. The van der Waals surface area contributed by atoms with Crippen LogP contribution < -0.4 is 10.1 Å². The minimum absolute atomic E-state index is 0. The summed E-state index contributed by atoms with van der Waals surface area (Å²) in [7, 11) is 1.73. The van der Waals surface area contributed by atoms with Gasteiger partial charge in [-0.2, -0.15) is 0 Å². The summed E-state index contributed by atoms with van der Waals surface area (Å²) in [5.41, 5.74) is 2.56. The Morgan fingerprint density at radius 3 is 2.93 bits per heavy atom. The summed E-state index contributed by atoms with van der Waals surface area (Å²) >= 11 is 0. The molecule has 1 aromatic rings. The molecule has 14 heavy (non-hydrogen) atoms. The fourth-order valence-electron chi connectivity index (χ4n) is 1.85. The Morgan fingerprint density at radius 2 is 2.21 bits per heavy atom. The van der Waals surface area contributed by atoms with E-state index >= 15 is 0 Å². The third-order valence-electron chi connectivity index (χ3n) is 2.58. The molecular weight excluding hydrogens is 198 g/mol. The highest BCUT2D eigenvalue weighted by molar-refractivity contribution is 5.85. The normalized spacial score (nSPS) is 18.9. The van der Waals surface area contributed by atoms with Gasteiger partial charge in [-0.25, -0.2) is 0 Å². The number of hydrogen-bond acceptors (Lipinski definition) is 2. The molecule has 0 amide bonds. The van der Waals surface area contributed by atoms with Crippen LogP contribution in [0.15, 0.2) is 18.2 Å². The quantitative estimate of drug-likeness (QED) is 0.775. The lowest BCUT2D eigenvalue weighted by atomic mass is 9.98. The molecule has 0 saturated carbocycles. The minimum Gasteiger partial charge on any atom is -0.496 e. The van der Waals surface area contributed by atoms with Crippen LogP contribution in [0.3, 0.4) is 0 Å². The Bertz CT molecular complexity index is 314. The van der Waals surface area contributed by atoms with Crippen LogP contribution in [0.5, 0.6) is 5.75 Å². The van der Waals surface area contributed by atoms with Gasteiger partial charge in [-0.1, -0.05) is 6.07 Å². The van der Waals surface area contributed by atoms with E-state index in [4.69, 9.17) is 4.74 Å². The van der Waals surface area contributed by atoms with Gasteiger partial charge in [0.25, 0.3) is 0 Å². The average molecular weight is 214 g/mol. The number of benzene rings is 1. The van der Waals surface area contributed by atoms with Gasteiger partial charge in [0, 0.05) is 17.3 Å². The minimum atomic E-state index is 0. The van der Waals surface area contributed by atoms with E-state index in [1.165, 1.54) is 17.7 Å². The summed E-state index contributed by atoms with van der Waals surface area (Å²) in [6.45, 7) is 2.21. The van der Waals surface area contributed by atoms with E-state index in [0.717, 1.165) is 12.2 Å². The van der Waals surface area contributed by atoms with Gasteiger partial charge in [-0.15, -0.1) is 12.4 Å². The van der Waals surface area contributed by atoms with Crippen molar-refractivity contribution < 1.29 is 4.74 Å². The predicted molar refractivity (Wildman–Crippen MR) is 61.6 cm³/mol. The molecule has 78 valence electrons. The average Bonchev–Trinajstić information content (AvgIpc) is 2.16. The lowest BCUT2D eigenvalue weighted by Gasteiger charge is -2.25. The van der Waals surface area contributed by atoms with Crippen LogP contribution in [0.4, 0.5) is 5.69 Å². The third kappa shape index (κ3) is 1.95. The van der Waals surface area contributed by atoms with E-state index in [2.05, 4.69) is 18.3 Å². The molecule has 0 fully saturated rings. The van der Waals surface area contributed by atoms with Gasteiger partial charge in [0.2, 0.25) is 0 Å². The number of methoxy groups -OCH3 is 1. The Labute approximate surface area is 91.1 Å². The van der Waals surface area contributed by atoms with Gasteiger partial charge in [0.1, 0.15) is 5.75 Å². The molecule has 0 saturated heterocycles. The number of nitrogens with one attached hydrogen (secondary N) is 1. The molecule has 1 aromatic carbocycles. The topological polar surface area (TPSA) is 21.3 Å². The van der Waals surface area contributed by atoms with Crippen LogP contribution >= 0.6 is 12.4 Å². The molecule has 1 N–H and O–H groups in total. The fraction of sp³-hybridized carbons (Fsp3) is 0.455. The maximum Gasteiger partial charge on any atom is 0.124 e. The summed E-state index contributed by atoms with van der Waals surface area (Å²) in [6.07, 6.45) is 2.31. The van der Waals surface area contributed by atoms with Gasteiger partial charge in [0.15, 0.2) is 0 Å². The van der Waals surface area contributed by atoms with Crippen molar-refractivity contribution >= 4 is 18.1 Å². The second kappa shape index (κ2) is 4.56. The summed E-state index contributed by atoms with van der Waals surface area (Å²) < 4.78 is 5.31. The Balaban J connectivity index is 0.000000980.